The standard InChI is InChI=1S/C16H23BrN2O2/c17-14-6-4-5-13(11-14)15(20)12-18-8-7-16(21)19-9-2-1-3-10-19/h4-6,11,15,18,20H,1-3,7-10,12H2. The van der Waals surface area contributed by atoms with Crippen molar-refractivity contribution in [2.75, 3.05) is 26.2 Å². The highest BCUT2D eigenvalue weighted by Gasteiger charge is 2.15. The lowest BCUT2D eigenvalue weighted by atomic mass is 10.1. The van der Waals surface area contributed by atoms with Gasteiger partial charge in [0.25, 0.3) is 0 Å². The molecule has 0 aromatic heterocycles. The van der Waals surface area contributed by atoms with Crippen LogP contribution in [-0.4, -0.2) is 42.1 Å². The molecule has 5 heteroatoms. The fourth-order valence-electron chi connectivity index (χ4n) is 2.57. The first-order chi connectivity index (χ1) is 10.2. The molecule has 1 aliphatic heterocycles. The van der Waals surface area contributed by atoms with E-state index in [1.165, 1.54) is 6.42 Å². The molecule has 4 nitrogen and oxygen atoms in total. The number of nitrogens with zero attached hydrogens (tertiary/aromatic N) is 1. The van der Waals surface area contributed by atoms with Crippen LogP contribution in [0.2, 0.25) is 0 Å². The highest BCUT2D eigenvalue weighted by atomic mass is 79.9. The van der Waals surface area contributed by atoms with E-state index in [9.17, 15) is 9.90 Å². The lowest BCUT2D eigenvalue weighted by molar-refractivity contribution is -0.132. The first kappa shape index (κ1) is 16.5. The molecule has 1 unspecified atom stereocenters. The van der Waals surface area contributed by atoms with E-state index in [1.807, 2.05) is 29.2 Å². The Balaban J connectivity index is 1.66. The van der Waals surface area contributed by atoms with Crippen LogP contribution < -0.4 is 5.32 Å². The van der Waals surface area contributed by atoms with Crippen molar-refractivity contribution in [1.29, 1.82) is 0 Å². The number of halogens is 1. The van der Waals surface area contributed by atoms with Crippen molar-refractivity contribution in [3.63, 3.8) is 0 Å². The van der Waals surface area contributed by atoms with Gasteiger partial charge in [-0.05, 0) is 37.0 Å². The van der Waals surface area contributed by atoms with Crippen LogP contribution in [-0.2, 0) is 4.79 Å². The van der Waals surface area contributed by atoms with Gasteiger partial charge in [0.1, 0.15) is 0 Å². The number of nitrogens with one attached hydrogen (secondary N) is 1. The van der Waals surface area contributed by atoms with Gasteiger partial charge in [0.05, 0.1) is 6.10 Å². The third-order valence-corrected chi connectivity index (χ3v) is 4.29. The fraction of sp³-hybridized carbons (Fsp3) is 0.562. The molecule has 1 heterocycles. The topological polar surface area (TPSA) is 52.6 Å². The maximum atomic E-state index is 12.0. The van der Waals surface area contributed by atoms with E-state index in [-0.39, 0.29) is 5.91 Å². The van der Waals surface area contributed by atoms with Gasteiger partial charge in [0, 0.05) is 37.1 Å². The predicted octanol–water partition coefficient (Wildman–Crippen LogP) is 2.47. The van der Waals surface area contributed by atoms with Crippen LogP contribution in [0.4, 0.5) is 0 Å². The molecule has 0 bridgehead atoms. The van der Waals surface area contributed by atoms with Gasteiger partial charge in [-0.2, -0.15) is 0 Å². The number of amides is 1. The molecule has 116 valence electrons. The number of piperidine rings is 1. The third-order valence-electron chi connectivity index (χ3n) is 3.80. The second kappa shape index (κ2) is 8.51. The zero-order valence-corrected chi connectivity index (χ0v) is 13.8. The van der Waals surface area contributed by atoms with Crippen LogP contribution in [0, 0.1) is 0 Å². The molecule has 1 amide bonds. The summed E-state index contributed by atoms with van der Waals surface area (Å²) >= 11 is 3.39. The molecule has 2 N–H and O–H groups in total. The number of carbonyl (C=O) groups is 1. The van der Waals surface area contributed by atoms with Crippen molar-refractivity contribution in [2.24, 2.45) is 0 Å². The largest absolute Gasteiger partial charge is 0.387 e. The first-order valence-electron chi connectivity index (χ1n) is 7.59. The monoisotopic (exact) mass is 354 g/mol. The van der Waals surface area contributed by atoms with Crippen LogP contribution in [0.3, 0.4) is 0 Å². The molecule has 0 aliphatic carbocycles. The van der Waals surface area contributed by atoms with Crippen LogP contribution in [0.15, 0.2) is 28.7 Å². The summed E-state index contributed by atoms with van der Waals surface area (Å²) in [6.45, 7) is 2.88. The Kier molecular flexibility index (Phi) is 6.67. The van der Waals surface area contributed by atoms with Gasteiger partial charge in [-0.1, -0.05) is 28.1 Å². The Hall–Kier alpha value is -0.910. The lowest BCUT2D eigenvalue weighted by Gasteiger charge is -2.26. The number of rotatable bonds is 6. The lowest BCUT2D eigenvalue weighted by Crippen LogP contribution is -2.37. The van der Waals surface area contributed by atoms with Crippen molar-refractivity contribution < 1.29 is 9.90 Å². The SMILES string of the molecule is O=C(CCNCC(O)c1cccc(Br)c1)N1CCCCC1. The summed E-state index contributed by atoms with van der Waals surface area (Å²) < 4.78 is 0.958. The van der Waals surface area contributed by atoms with E-state index in [0.29, 0.717) is 19.5 Å². The minimum atomic E-state index is -0.549. The van der Waals surface area contributed by atoms with E-state index in [4.69, 9.17) is 0 Å². The summed E-state index contributed by atoms with van der Waals surface area (Å²) in [6.07, 6.45) is 3.45. The maximum Gasteiger partial charge on any atom is 0.223 e. The Morgan fingerprint density at radius 1 is 1.33 bits per heavy atom. The van der Waals surface area contributed by atoms with Crippen molar-refractivity contribution in [2.45, 2.75) is 31.8 Å². The molecular weight excluding hydrogens is 332 g/mol. The molecule has 0 saturated carbocycles. The van der Waals surface area contributed by atoms with E-state index >= 15 is 0 Å². The van der Waals surface area contributed by atoms with E-state index in [2.05, 4.69) is 21.2 Å². The van der Waals surface area contributed by atoms with Crippen LogP contribution in [0.25, 0.3) is 0 Å². The number of aliphatic hydroxyl groups is 1. The number of benzene rings is 1. The molecule has 0 radical (unpaired) electrons. The zero-order chi connectivity index (χ0) is 15.1. The number of aliphatic hydroxyl groups excluding tert-OH is 1. The Labute approximate surface area is 134 Å². The smallest absolute Gasteiger partial charge is 0.223 e. The third kappa shape index (κ3) is 5.41. The molecular formula is C16H23BrN2O2. The van der Waals surface area contributed by atoms with Gasteiger partial charge in [0.15, 0.2) is 0 Å². The maximum absolute atomic E-state index is 12.0. The van der Waals surface area contributed by atoms with Crippen molar-refractivity contribution in [3.05, 3.63) is 34.3 Å². The Bertz CT molecular complexity index is 461. The highest BCUT2D eigenvalue weighted by Crippen LogP contribution is 2.17. The molecule has 1 saturated heterocycles. The molecule has 1 aromatic rings. The molecule has 1 aromatic carbocycles. The normalized spacial score (nSPS) is 16.8. The average Bonchev–Trinajstić information content (AvgIpc) is 2.52. The second-order valence-electron chi connectivity index (χ2n) is 5.47. The molecule has 21 heavy (non-hydrogen) atoms. The summed E-state index contributed by atoms with van der Waals surface area (Å²) in [5.74, 6) is 0.221. The quantitative estimate of drug-likeness (QED) is 0.771. The van der Waals surface area contributed by atoms with Crippen molar-refractivity contribution in [3.8, 4) is 0 Å². The summed E-state index contributed by atoms with van der Waals surface area (Å²) in [5.41, 5.74) is 0.874. The summed E-state index contributed by atoms with van der Waals surface area (Å²) in [5, 5.41) is 13.2. The number of likely N-dealkylation sites (tertiary alicyclic amines) is 1. The number of carbonyl (C=O) groups excluding carboxylic acids is 1. The predicted molar refractivity (Wildman–Crippen MR) is 87.0 cm³/mol. The zero-order valence-electron chi connectivity index (χ0n) is 12.2. The molecule has 1 atom stereocenters. The Morgan fingerprint density at radius 2 is 2.10 bits per heavy atom. The summed E-state index contributed by atoms with van der Waals surface area (Å²) in [7, 11) is 0. The Morgan fingerprint density at radius 3 is 2.81 bits per heavy atom. The molecule has 2 rings (SSSR count). The minimum absolute atomic E-state index is 0.221. The first-order valence-corrected chi connectivity index (χ1v) is 8.38. The minimum Gasteiger partial charge on any atom is -0.387 e. The molecule has 1 aliphatic rings. The van der Waals surface area contributed by atoms with E-state index in [1.54, 1.807) is 0 Å². The van der Waals surface area contributed by atoms with Gasteiger partial charge >= 0.3 is 0 Å². The van der Waals surface area contributed by atoms with Gasteiger partial charge in [0.2, 0.25) is 5.91 Å². The summed E-state index contributed by atoms with van der Waals surface area (Å²) in [4.78, 5) is 13.9. The number of hydrogen-bond donors (Lipinski definition) is 2. The van der Waals surface area contributed by atoms with Crippen molar-refractivity contribution in [1.82, 2.24) is 10.2 Å². The highest BCUT2D eigenvalue weighted by molar-refractivity contribution is 9.10. The van der Waals surface area contributed by atoms with Gasteiger partial charge in [-0.25, -0.2) is 0 Å². The fourth-order valence-corrected chi connectivity index (χ4v) is 2.98. The van der Waals surface area contributed by atoms with Crippen LogP contribution in [0.5, 0.6) is 0 Å². The van der Waals surface area contributed by atoms with E-state index < -0.39 is 6.10 Å². The summed E-state index contributed by atoms with van der Waals surface area (Å²) in [6, 6.07) is 7.64. The van der Waals surface area contributed by atoms with Crippen LogP contribution >= 0.6 is 15.9 Å². The van der Waals surface area contributed by atoms with Crippen LogP contribution in [0.1, 0.15) is 37.4 Å². The van der Waals surface area contributed by atoms with E-state index in [0.717, 1.165) is 36.0 Å². The van der Waals surface area contributed by atoms with Crippen molar-refractivity contribution >= 4 is 21.8 Å². The number of hydrogen-bond acceptors (Lipinski definition) is 3. The van der Waals surface area contributed by atoms with Gasteiger partial charge in [-0.3, -0.25) is 4.79 Å². The molecule has 0 spiro atoms. The van der Waals surface area contributed by atoms with Gasteiger partial charge < -0.3 is 15.3 Å². The average molecular weight is 355 g/mol. The molecule has 1 fully saturated rings. The van der Waals surface area contributed by atoms with Gasteiger partial charge in [-0.15, -0.1) is 0 Å². The second-order valence-corrected chi connectivity index (χ2v) is 6.38.